The van der Waals surface area contributed by atoms with Crippen molar-refractivity contribution < 1.29 is 9.59 Å². The fourth-order valence-electron chi connectivity index (χ4n) is 2.37. The predicted molar refractivity (Wildman–Crippen MR) is 76.3 cm³/mol. The molecule has 1 aliphatic rings. The first-order valence-corrected chi connectivity index (χ1v) is 7.29. The average molecular weight is 269 g/mol. The molecule has 1 saturated carbocycles. The van der Waals surface area contributed by atoms with E-state index in [-0.39, 0.29) is 23.7 Å². The van der Waals surface area contributed by atoms with Gasteiger partial charge in [0.1, 0.15) is 0 Å². The minimum absolute atomic E-state index is 0.282. The normalized spacial score (nSPS) is 22.9. The zero-order valence-corrected chi connectivity index (χ0v) is 12.4. The molecule has 1 rings (SSSR count). The van der Waals surface area contributed by atoms with Gasteiger partial charge in [-0.15, -0.1) is 0 Å². The molecule has 0 aliphatic heterocycles. The second-order valence-corrected chi connectivity index (χ2v) is 5.29. The van der Waals surface area contributed by atoms with Crippen molar-refractivity contribution in [1.29, 1.82) is 0 Å². The lowest BCUT2D eigenvalue weighted by atomic mass is 9.83. The zero-order valence-electron chi connectivity index (χ0n) is 12.4. The van der Waals surface area contributed by atoms with E-state index in [0.29, 0.717) is 0 Å². The summed E-state index contributed by atoms with van der Waals surface area (Å²) in [6.45, 7) is 5.14. The third-order valence-electron chi connectivity index (χ3n) is 3.68. The number of carbonyl (C=O) groups is 2. The molecule has 1 aliphatic carbocycles. The van der Waals surface area contributed by atoms with Crippen LogP contribution in [0.4, 0.5) is 0 Å². The Hall–Kier alpha value is -0.780. The maximum atomic E-state index is 11.4. The fraction of sp³-hybridized carbons (Fsp3) is 0.857. The van der Waals surface area contributed by atoms with Crippen molar-refractivity contribution in [2.45, 2.75) is 44.7 Å². The molecule has 2 atom stereocenters. The number of ketones is 2. The maximum Gasteiger partial charge on any atom is 0.219 e. The summed E-state index contributed by atoms with van der Waals surface area (Å²) in [5.74, 6) is -0.577. The number of Topliss-reactive ketones (excluding diaryl/α,β-unsaturated/α-hetero) is 2. The number of nitrogens with one attached hydrogen (secondary N) is 2. The van der Waals surface area contributed by atoms with E-state index in [1.54, 1.807) is 7.05 Å². The lowest BCUT2D eigenvalue weighted by Gasteiger charge is -2.33. The van der Waals surface area contributed by atoms with Crippen LogP contribution >= 0.6 is 0 Å². The summed E-state index contributed by atoms with van der Waals surface area (Å²) in [4.78, 5) is 24.9. The number of hydrogen-bond acceptors (Lipinski definition) is 5. The first kappa shape index (κ1) is 16.3. The molecular weight excluding hydrogens is 242 g/mol. The van der Waals surface area contributed by atoms with Gasteiger partial charge >= 0.3 is 0 Å². The molecule has 1 fully saturated rings. The molecule has 5 heteroatoms. The molecule has 5 nitrogen and oxygen atoms in total. The number of hydrogen-bond donors (Lipinski definition) is 2. The minimum Gasteiger partial charge on any atom is -0.308 e. The third kappa shape index (κ3) is 4.67. The Labute approximate surface area is 116 Å². The molecule has 0 radical (unpaired) electrons. The van der Waals surface area contributed by atoms with Crippen molar-refractivity contribution >= 4 is 11.6 Å². The van der Waals surface area contributed by atoms with Crippen molar-refractivity contribution in [1.82, 2.24) is 15.5 Å². The second-order valence-electron chi connectivity index (χ2n) is 5.29. The van der Waals surface area contributed by atoms with Gasteiger partial charge in [-0.2, -0.15) is 0 Å². The predicted octanol–water partition coefficient (Wildman–Crippen LogP) is 0.197. The Balaban J connectivity index is 2.07. The van der Waals surface area contributed by atoms with Crippen LogP contribution in [0.25, 0.3) is 0 Å². The van der Waals surface area contributed by atoms with Gasteiger partial charge in [-0.3, -0.25) is 9.59 Å². The van der Waals surface area contributed by atoms with Crippen molar-refractivity contribution in [3.63, 3.8) is 0 Å². The van der Waals surface area contributed by atoms with Gasteiger partial charge in [0.15, 0.2) is 0 Å². The fourth-order valence-corrected chi connectivity index (χ4v) is 2.37. The van der Waals surface area contributed by atoms with Crippen molar-refractivity contribution in [3.8, 4) is 0 Å². The Bertz CT molecular complexity index is 307. The van der Waals surface area contributed by atoms with E-state index < -0.39 is 0 Å². The highest BCUT2D eigenvalue weighted by Gasteiger charge is 2.47. The van der Waals surface area contributed by atoms with Gasteiger partial charge in [0, 0.05) is 0 Å². The van der Waals surface area contributed by atoms with Crippen LogP contribution in [0, 0.1) is 0 Å². The van der Waals surface area contributed by atoms with Crippen molar-refractivity contribution in [3.05, 3.63) is 0 Å². The zero-order chi connectivity index (χ0) is 14.3. The molecule has 110 valence electrons. The van der Waals surface area contributed by atoms with E-state index in [1.165, 1.54) is 19.3 Å². The van der Waals surface area contributed by atoms with Crippen LogP contribution in [0.3, 0.4) is 0 Å². The van der Waals surface area contributed by atoms with Crippen LogP contribution < -0.4 is 10.6 Å². The van der Waals surface area contributed by atoms with Crippen LogP contribution in [0.15, 0.2) is 0 Å². The molecule has 2 unspecified atom stereocenters. The summed E-state index contributed by atoms with van der Waals surface area (Å²) in [5.41, 5.74) is 0. The lowest BCUT2D eigenvalue weighted by molar-refractivity contribution is -0.147. The van der Waals surface area contributed by atoms with E-state index in [0.717, 1.165) is 26.1 Å². The monoisotopic (exact) mass is 269 g/mol. The van der Waals surface area contributed by atoms with Crippen LogP contribution in [-0.4, -0.2) is 62.3 Å². The molecule has 0 aromatic rings. The maximum absolute atomic E-state index is 11.4. The summed E-state index contributed by atoms with van der Waals surface area (Å²) in [6.07, 6.45) is 4.78. The van der Waals surface area contributed by atoms with Crippen LogP contribution in [0.1, 0.15) is 32.6 Å². The smallest absolute Gasteiger partial charge is 0.219 e. The van der Waals surface area contributed by atoms with E-state index in [4.69, 9.17) is 0 Å². The first-order chi connectivity index (χ1) is 9.11. The second kappa shape index (κ2) is 8.40. The Kier molecular flexibility index (Phi) is 7.20. The molecule has 2 N–H and O–H groups in total. The lowest BCUT2D eigenvalue weighted by Crippen LogP contribution is -2.68. The van der Waals surface area contributed by atoms with E-state index >= 15 is 0 Å². The highest BCUT2D eigenvalue weighted by Crippen LogP contribution is 2.11. The highest BCUT2D eigenvalue weighted by molar-refractivity contribution is 6.49. The minimum atomic E-state index is -0.324. The van der Waals surface area contributed by atoms with Gasteiger partial charge in [0.2, 0.25) is 11.6 Å². The summed E-state index contributed by atoms with van der Waals surface area (Å²) in [5, 5.41) is 6.04. The molecule has 0 saturated heterocycles. The highest BCUT2D eigenvalue weighted by atomic mass is 16.2. The summed E-state index contributed by atoms with van der Waals surface area (Å²) >= 11 is 0. The molecule has 19 heavy (non-hydrogen) atoms. The van der Waals surface area contributed by atoms with Crippen LogP contribution in [0.2, 0.25) is 0 Å². The summed E-state index contributed by atoms with van der Waals surface area (Å²) in [7, 11) is 3.84. The molecule has 0 bridgehead atoms. The van der Waals surface area contributed by atoms with E-state index in [1.807, 2.05) is 0 Å². The van der Waals surface area contributed by atoms with Crippen LogP contribution in [-0.2, 0) is 9.59 Å². The third-order valence-corrected chi connectivity index (χ3v) is 3.68. The Morgan fingerprint density at radius 1 is 1.05 bits per heavy atom. The van der Waals surface area contributed by atoms with Crippen molar-refractivity contribution in [2.24, 2.45) is 0 Å². The standard InChI is InChI=1S/C14H27N3O2/c1-4-5-6-9-17(3)10-7-8-16-12-11(15-2)13(18)14(12)19/h11-12,15-16H,4-10H2,1-3H3. The van der Waals surface area contributed by atoms with Crippen molar-refractivity contribution in [2.75, 3.05) is 33.7 Å². The number of rotatable bonds is 10. The molecule has 0 aromatic carbocycles. The van der Waals surface area contributed by atoms with Crippen LogP contribution in [0.5, 0.6) is 0 Å². The molecule has 0 heterocycles. The van der Waals surface area contributed by atoms with E-state index in [2.05, 4.69) is 29.5 Å². The molecule has 0 spiro atoms. The Morgan fingerprint density at radius 2 is 1.68 bits per heavy atom. The summed E-state index contributed by atoms with van der Waals surface area (Å²) in [6, 6.07) is -0.641. The topological polar surface area (TPSA) is 61.4 Å². The van der Waals surface area contributed by atoms with Gasteiger partial charge in [0.05, 0.1) is 12.1 Å². The van der Waals surface area contributed by atoms with Gasteiger partial charge < -0.3 is 15.5 Å². The first-order valence-electron chi connectivity index (χ1n) is 7.29. The van der Waals surface area contributed by atoms with E-state index in [9.17, 15) is 9.59 Å². The Morgan fingerprint density at radius 3 is 2.32 bits per heavy atom. The number of carbonyl (C=O) groups excluding carboxylic acids is 2. The quantitative estimate of drug-likeness (QED) is 0.438. The average Bonchev–Trinajstić information content (AvgIpc) is 2.41. The van der Waals surface area contributed by atoms with Gasteiger partial charge in [0.25, 0.3) is 0 Å². The van der Waals surface area contributed by atoms with Gasteiger partial charge in [-0.05, 0) is 46.6 Å². The summed E-state index contributed by atoms with van der Waals surface area (Å²) < 4.78 is 0. The largest absolute Gasteiger partial charge is 0.308 e. The number of likely N-dealkylation sites (N-methyl/N-ethyl adjacent to an activating group) is 1. The molecule has 0 amide bonds. The number of unbranched alkanes of at least 4 members (excludes halogenated alkanes) is 2. The number of nitrogens with zero attached hydrogens (tertiary/aromatic N) is 1. The SMILES string of the molecule is CCCCCN(C)CCCNC1C(=O)C(=O)C1NC. The molecule has 0 aromatic heterocycles. The molecular formula is C14H27N3O2. The van der Waals surface area contributed by atoms with Gasteiger partial charge in [-0.25, -0.2) is 0 Å². The van der Waals surface area contributed by atoms with Gasteiger partial charge in [-0.1, -0.05) is 19.8 Å².